The zero-order valence-corrected chi connectivity index (χ0v) is 12.7. The van der Waals surface area contributed by atoms with Gasteiger partial charge in [0.15, 0.2) is 0 Å². The normalized spacial score (nSPS) is 11.4. The highest BCUT2D eigenvalue weighted by Crippen LogP contribution is 2.09. The molecule has 0 spiro atoms. The van der Waals surface area contributed by atoms with E-state index >= 15 is 0 Å². The van der Waals surface area contributed by atoms with Crippen LogP contribution < -0.4 is 5.32 Å². The third-order valence-electron chi connectivity index (χ3n) is 3.78. The molecule has 0 aliphatic rings. The molecule has 108 valence electrons. The van der Waals surface area contributed by atoms with Crippen molar-refractivity contribution in [1.29, 1.82) is 0 Å². The van der Waals surface area contributed by atoms with Crippen molar-refractivity contribution >= 4 is 0 Å². The Morgan fingerprint density at radius 2 is 2.05 bits per heavy atom. The largest absolute Gasteiger partial charge is 0.311 e. The van der Waals surface area contributed by atoms with Crippen molar-refractivity contribution in [1.82, 2.24) is 15.2 Å². The maximum Gasteiger partial charge on any atom is 0.0312 e. The van der Waals surface area contributed by atoms with Crippen molar-refractivity contribution < 1.29 is 0 Å². The van der Waals surface area contributed by atoms with Gasteiger partial charge in [-0.2, -0.15) is 0 Å². The predicted octanol–water partition coefficient (Wildman–Crippen LogP) is 2.93. The van der Waals surface area contributed by atoms with Crippen LogP contribution in [0.5, 0.6) is 0 Å². The molecule has 0 bridgehead atoms. The highest BCUT2D eigenvalue weighted by Gasteiger charge is 2.09. The van der Waals surface area contributed by atoms with E-state index < -0.39 is 0 Å². The van der Waals surface area contributed by atoms with Crippen molar-refractivity contribution in [3.8, 4) is 0 Å². The van der Waals surface area contributed by atoms with E-state index in [0.717, 1.165) is 32.1 Å². The molecule has 0 saturated heterocycles. The Morgan fingerprint density at radius 1 is 1.26 bits per heavy atom. The Hall–Kier alpha value is -0.930. The number of aromatic nitrogens is 1. The highest BCUT2D eigenvalue weighted by atomic mass is 15.1. The van der Waals surface area contributed by atoms with Crippen LogP contribution in [0.25, 0.3) is 0 Å². The van der Waals surface area contributed by atoms with E-state index in [1.807, 2.05) is 18.5 Å². The molecule has 0 amide bonds. The smallest absolute Gasteiger partial charge is 0.0312 e. The first kappa shape index (κ1) is 16.1. The summed E-state index contributed by atoms with van der Waals surface area (Å²) in [7, 11) is 0. The second-order valence-electron chi connectivity index (χ2n) is 5.11. The summed E-state index contributed by atoms with van der Waals surface area (Å²) in [4.78, 5) is 6.68. The van der Waals surface area contributed by atoms with Gasteiger partial charge in [-0.1, -0.05) is 39.7 Å². The van der Waals surface area contributed by atoms with Gasteiger partial charge < -0.3 is 10.2 Å². The minimum absolute atomic E-state index is 0.846. The Morgan fingerprint density at radius 3 is 2.63 bits per heavy atom. The molecule has 0 aromatic carbocycles. The fourth-order valence-corrected chi connectivity index (χ4v) is 2.26. The van der Waals surface area contributed by atoms with E-state index in [2.05, 4.69) is 42.0 Å². The van der Waals surface area contributed by atoms with Gasteiger partial charge in [0.1, 0.15) is 0 Å². The number of nitrogens with zero attached hydrogens (tertiary/aromatic N) is 2. The third kappa shape index (κ3) is 6.69. The molecule has 0 saturated carbocycles. The molecule has 1 aromatic heterocycles. The van der Waals surface area contributed by atoms with Gasteiger partial charge in [-0.3, -0.25) is 4.98 Å². The second kappa shape index (κ2) is 9.93. The Kier molecular flexibility index (Phi) is 8.43. The number of likely N-dealkylation sites (N-methyl/N-ethyl adjacent to an activating group) is 1. The van der Waals surface area contributed by atoms with E-state index in [-0.39, 0.29) is 0 Å². The quantitative estimate of drug-likeness (QED) is 0.658. The number of pyridine rings is 1. The molecule has 0 fully saturated rings. The molecule has 0 aliphatic carbocycles. The number of hydrogen-bond donors (Lipinski definition) is 1. The van der Waals surface area contributed by atoms with Crippen LogP contribution in [0, 0.1) is 5.92 Å². The van der Waals surface area contributed by atoms with Crippen LogP contribution in [-0.4, -0.2) is 36.1 Å². The van der Waals surface area contributed by atoms with Crippen LogP contribution in [0.1, 0.15) is 39.2 Å². The van der Waals surface area contributed by atoms with Gasteiger partial charge in [0.2, 0.25) is 0 Å². The fourth-order valence-electron chi connectivity index (χ4n) is 2.26. The van der Waals surface area contributed by atoms with Crippen LogP contribution >= 0.6 is 0 Å². The van der Waals surface area contributed by atoms with Crippen molar-refractivity contribution in [2.45, 2.75) is 40.2 Å². The molecule has 0 aliphatic heterocycles. The standard InChI is InChI=1S/C16H29N3/c1-4-15(5-2)14-19(6-3)11-10-18-13-16-8-7-9-17-12-16/h7-9,12,15,18H,4-6,10-11,13-14H2,1-3H3. The van der Waals surface area contributed by atoms with Crippen molar-refractivity contribution in [3.63, 3.8) is 0 Å². The minimum Gasteiger partial charge on any atom is -0.311 e. The molecule has 1 heterocycles. The van der Waals surface area contributed by atoms with Crippen molar-refractivity contribution in [2.24, 2.45) is 5.92 Å². The SMILES string of the molecule is CCC(CC)CN(CC)CCNCc1cccnc1. The molecule has 3 nitrogen and oxygen atoms in total. The van der Waals surface area contributed by atoms with E-state index in [1.54, 1.807) is 0 Å². The molecule has 3 heteroatoms. The van der Waals surface area contributed by atoms with Crippen molar-refractivity contribution in [3.05, 3.63) is 30.1 Å². The first-order valence-electron chi connectivity index (χ1n) is 7.62. The van der Waals surface area contributed by atoms with E-state index in [1.165, 1.54) is 24.9 Å². The van der Waals surface area contributed by atoms with Crippen LogP contribution in [0.4, 0.5) is 0 Å². The highest BCUT2D eigenvalue weighted by molar-refractivity contribution is 5.07. The summed E-state index contributed by atoms with van der Waals surface area (Å²) in [5.74, 6) is 0.846. The van der Waals surface area contributed by atoms with Crippen LogP contribution in [0.15, 0.2) is 24.5 Å². The average molecular weight is 263 g/mol. The summed E-state index contributed by atoms with van der Waals surface area (Å²) < 4.78 is 0. The van der Waals surface area contributed by atoms with Gasteiger partial charge in [0.25, 0.3) is 0 Å². The maximum absolute atomic E-state index is 4.13. The summed E-state index contributed by atoms with van der Waals surface area (Å²) in [6.45, 7) is 12.3. The molecule has 0 atom stereocenters. The summed E-state index contributed by atoms with van der Waals surface area (Å²) in [5.41, 5.74) is 1.26. The molecule has 0 radical (unpaired) electrons. The van der Waals surface area contributed by atoms with Gasteiger partial charge in [-0.05, 0) is 24.1 Å². The lowest BCUT2D eigenvalue weighted by Gasteiger charge is -2.25. The molecular weight excluding hydrogens is 234 g/mol. The summed E-state index contributed by atoms with van der Waals surface area (Å²) >= 11 is 0. The minimum atomic E-state index is 0.846. The Bertz CT molecular complexity index is 309. The Labute approximate surface area is 118 Å². The van der Waals surface area contributed by atoms with Gasteiger partial charge in [-0.15, -0.1) is 0 Å². The monoisotopic (exact) mass is 263 g/mol. The number of nitrogens with one attached hydrogen (secondary N) is 1. The Balaban J connectivity index is 2.19. The average Bonchev–Trinajstić information content (AvgIpc) is 2.48. The maximum atomic E-state index is 4.13. The van der Waals surface area contributed by atoms with Crippen LogP contribution in [0.2, 0.25) is 0 Å². The lowest BCUT2D eigenvalue weighted by molar-refractivity contribution is 0.233. The van der Waals surface area contributed by atoms with E-state index in [9.17, 15) is 0 Å². The van der Waals surface area contributed by atoms with E-state index in [4.69, 9.17) is 0 Å². The molecule has 1 rings (SSSR count). The van der Waals surface area contributed by atoms with Gasteiger partial charge >= 0.3 is 0 Å². The zero-order valence-electron chi connectivity index (χ0n) is 12.7. The molecule has 1 aromatic rings. The lowest BCUT2D eigenvalue weighted by atomic mass is 10.0. The van der Waals surface area contributed by atoms with Gasteiger partial charge in [0.05, 0.1) is 0 Å². The summed E-state index contributed by atoms with van der Waals surface area (Å²) in [5, 5.41) is 3.49. The fraction of sp³-hybridized carbons (Fsp3) is 0.688. The summed E-state index contributed by atoms with van der Waals surface area (Å²) in [6.07, 6.45) is 6.32. The van der Waals surface area contributed by atoms with Crippen LogP contribution in [-0.2, 0) is 6.54 Å². The van der Waals surface area contributed by atoms with Gasteiger partial charge in [0, 0.05) is 38.6 Å². The molecule has 1 N–H and O–H groups in total. The second-order valence-corrected chi connectivity index (χ2v) is 5.11. The molecule has 19 heavy (non-hydrogen) atoms. The lowest BCUT2D eigenvalue weighted by Crippen LogP contribution is -2.35. The number of rotatable bonds is 10. The van der Waals surface area contributed by atoms with Crippen molar-refractivity contribution in [2.75, 3.05) is 26.2 Å². The number of hydrogen-bond acceptors (Lipinski definition) is 3. The van der Waals surface area contributed by atoms with Gasteiger partial charge in [-0.25, -0.2) is 0 Å². The first-order chi connectivity index (χ1) is 9.30. The first-order valence-corrected chi connectivity index (χ1v) is 7.62. The molecule has 0 unspecified atom stereocenters. The zero-order chi connectivity index (χ0) is 13.9. The predicted molar refractivity (Wildman–Crippen MR) is 82.1 cm³/mol. The molecular formula is C16H29N3. The van der Waals surface area contributed by atoms with Crippen LogP contribution in [0.3, 0.4) is 0 Å². The summed E-state index contributed by atoms with van der Waals surface area (Å²) in [6, 6.07) is 4.10. The third-order valence-corrected chi connectivity index (χ3v) is 3.78. The topological polar surface area (TPSA) is 28.2 Å². The van der Waals surface area contributed by atoms with E-state index in [0.29, 0.717) is 0 Å².